The van der Waals surface area contributed by atoms with Crippen LogP contribution in [0.15, 0.2) is 48.5 Å². The van der Waals surface area contributed by atoms with Crippen molar-refractivity contribution in [1.29, 1.82) is 5.26 Å². The zero-order valence-corrected chi connectivity index (χ0v) is 14.3. The number of hydrogen-bond donors (Lipinski definition) is 1. The summed E-state index contributed by atoms with van der Waals surface area (Å²) in [5.41, 5.74) is 1.10. The van der Waals surface area contributed by atoms with Gasteiger partial charge in [0.1, 0.15) is 24.2 Å². The minimum Gasteiger partial charge on any atom is -0.490 e. The van der Waals surface area contributed by atoms with Crippen LogP contribution in [0.5, 0.6) is 11.5 Å². The van der Waals surface area contributed by atoms with Crippen molar-refractivity contribution in [1.82, 2.24) is 0 Å². The number of nitriles is 1. The maximum Gasteiger partial charge on any atom is 0.259 e. The Morgan fingerprint density at radius 3 is 2.73 bits per heavy atom. The third-order valence-corrected chi connectivity index (χ3v) is 4.00. The number of benzene rings is 2. The molecule has 3 rings (SSSR count). The van der Waals surface area contributed by atoms with E-state index in [0.29, 0.717) is 29.4 Å². The fourth-order valence-electron chi connectivity index (χ4n) is 2.69. The lowest BCUT2D eigenvalue weighted by molar-refractivity contribution is 0.0673. The van der Waals surface area contributed by atoms with Gasteiger partial charge in [-0.2, -0.15) is 5.26 Å². The molecule has 6 nitrogen and oxygen atoms in total. The average molecular weight is 352 g/mol. The molecule has 1 amide bonds. The molecule has 1 aliphatic rings. The van der Waals surface area contributed by atoms with E-state index in [-0.39, 0.29) is 18.6 Å². The van der Waals surface area contributed by atoms with Gasteiger partial charge in [-0.1, -0.05) is 12.1 Å². The van der Waals surface area contributed by atoms with Crippen LogP contribution in [0.25, 0.3) is 0 Å². The molecule has 26 heavy (non-hydrogen) atoms. The van der Waals surface area contributed by atoms with E-state index in [9.17, 15) is 4.79 Å². The van der Waals surface area contributed by atoms with Crippen LogP contribution in [0, 0.1) is 11.3 Å². The minimum absolute atomic E-state index is 0.0128. The Morgan fingerprint density at radius 1 is 1.19 bits per heavy atom. The number of carbonyl (C=O) groups is 1. The van der Waals surface area contributed by atoms with Gasteiger partial charge in [0, 0.05) is 12.3 Å². The van der Waals surface area contributed by atoms with Gasteiger partial charge in [-0.3, -0.25) is 4.79 Å². The number of amides is 1. The summed E-state index contributed by atoms with van der Waals surface area (Å²) in [6, 6.07) is 15.9. The summed E-state index contributed by atoms with van der Waals surface area (Å²) in [4.78, 5) is 12.6. The molecule has 0 radical (unpaired) electrons. The van der Waals surface area contributed by atoms with Crippen LogP contribution < -0.4 is 14.8 Å². The van der Waals surface area contributed by atoms with Gasteiger partial charge in [0.2, 0.25) is 0 Å². The van der Waals surface area contributed by atoms with Crippen molar-refractivity contribution in [2.45, 2.75) is 18.9 Å². The van der Waals surface area contributed by atoms with Crippen molar-refractivity contribution < 1.29 is 19.0 Å². The molecule has 6 heteroatoms. The Morgan fingerprint density at radius 2 is 2.00 bits per heavy atom. The predicted molar refractivity (Wildman–Crippen MR) is 96.4 cm³/mol. The number of para-hydroxylation sites is 1. The Kier molecular flexibility index (Phi) is 6.07. The second-order valence-electron chi connectivity index (χ2n) is 5.87. The molecule has 2 aromatic rings. The van der Waals surface area contributed by atoms with Crippen LogP contribution in [0.4, 0.5) is 5.69 Å². The molecular weight excluding hydrogens is 332 g/mol. The standard InChI is InChI=1S/C20H20N2O4/c21-11-13-25-16-9-7-15(8-10-16)22-20(23)18-5-1-2-6-19(18)26-14-17-4-3-12-24-17/h1-2,5-10,17H,3-4,12-14H2,(H,22,23). The first-order valence-electron chi connectivity index (χ1n) is 8.51. The first kappa shape index (κ1) is 17.8. The van der Waals surface area contributed by atoms with Crippen LogP contribution >= 0.6 is 0 Å². The van der Waals surface area contributed by atoms with Crippen LogP contribution in [0.2, 0.25) is 0 Å². The summed E-state index contributed by atoms with van der Waals surface area (Å²) in [5.74, 6) is 0.859. The number of nitrogens with zero attached hydrogens (tertiary/aromatic N) is 1. The number of ether oxygens (including phenoxy) is 3. The molecule has 1 heterocycles. The highest BCUT2D eigenvalue weighted by Crippen LogP contribution is 2.22. The van der Waals surface area contributed by atoms with Crippen LogP contribution in [0.1, 0.15) is 23.2 Å². The van der Waals surface area contributed by atoms with E-state index >= 15 is 0 Å². The number of rotatable bonds is 7. The molecule has 1 fully saturated rings. The van der Waals surface area contributed by atoms with Crippen molar-refractivity contribution in [3.63, 3.8) is 0 Å². The fraction of sp³-hybridized carbons (Fsp3) is 0.300. The van der Waals surface area contributed by atoms with Crippen molar-refractivity contribution in [3.05, 3.63) is 54.1 Å². The third-order valence-electron chi connectivity index (χ3n) is 4.00. The van der Waals surface area contributed by atoms with Gasteiger partial charge in [-0.15, -0.1) is 0 Å². The van der Waals surface area contributed by atoms with E-state index in [0.717, 1.165) is 19.4 Å². The molecule has 0 aliphatic carbocycles. The van der Waals surface area contributed by atoms with Crippen molar-refractivity contribution >= 4 is 11.6 Å². The van der Waals surface area contributed by atoms with Crippen molar-refractivity contribution in [3.8, 4) is 17.6 Å². The highest BCUT2D eigenvalue weighted by Gasteiger charge is 2.18. The van der Waals surface area contributed by atoms with Crippen molar-refractivity contribution in [2.24, 2.45) is 0 Å². The zero-order valence-electron chi connectivity index (χ0n) is 14.3. The van der Waals surface area contributed by atoms with E-state index in [1.165, 1.54) is 0 Å². The molecule has 1 saturated heterocycles. The third kappa shape index (κ3) is 4.74. The van der Waals surface area contributed by atoms with E-state index in [4.69, 9.17) is 19.5 Å². The Balaban J connectivity index is 1.62. The normalized spacial score (nSPS) is 15.9. The van der Waals surface area contributed by atoms with E-state index in [1.807, 2.05) is 12.1 Å². The largest absolute Gasteiger partial charge is 0.490 e. The van der Waals surface area contributed by atoms with E-state index in [1.54, 1.807) is 42.5 Å². The highest BCUT2D eigenvalue weighted by atomic mass is 16.5. The van der Waals surface area contributed by atoms with Crippen LogP contribution in [-0.2, 0) is 4.74 Å². The smallest absolute Gasteiger partial charge is 0.259 e. The molecule has 0 aromatic heterocycles. The van der Waals surface area contributed by atoms with Crippen molar-refractivity contribution in [2.75, 3.05) is 25.1 Å². The van der Waals surface area contributed by atoms with E-state index < -0.39 is 0 Å². The fourth-order valence-corrected chi connectivity index (χ4v) is 2.69. The number of nitrogens with one attached hydrogen (secondary N) is 1. The summed E-state index contributed by atoms with van der Waals surface area (Å²) < 4.78 is 16.6. The molecular formula is C20H20N2O4. The summed E-state index contributed by atoms with van der Waals surface area (Å²) in [5, 5.41) is 11.4. The summed E-state index contributed by atoms with van der Waals surface area (Å²) in [7, 11) is 0. The molecule has 1 atom stereocenters. The first-order chi connectivity index (χ1) is 12.8. The number of anilines is 1. The van der Waals surface area contributed by atoms with E-state index in [2.05, 4.69) is 5.32 Å². The number of carbonyl (C=O) groups excluding carboxylic acids is 1. The average Bonchev–Trinajstić information content (AvgIpc) is 3.19. The second kappa shape index (κ2) is 8.88. The summed E-state index contributed by atoms with van der Waals surface area (Å²) in [6.07, 6.45) is 2.12. The molecule has 134 valence electrons. The molecule has 0 spiro atoms. The van der Waals surface area contributed by atoms with Gasteiger partial charge in [-0.05, 0) is 49.2 Å². The molecule has 0 bridgehead atoms. The van der Waals surface area contributed by atoms with Gasteiger partial charge in [0.05, 0.1) is 11.7 Å². The lowest BCUT2D eigenvalue weighted by Gasteiger charge is -2.14. The monoisotopic (exact) mass is 352 g/mol. The molecule has 1 unspecified atom stereocenters. The molecule has 1 N–H and O–H groups in total. The number of hydrogen-bond acceptors (Lipinski definition) is 5. The summed E-state index contributed by atoms with van der Waals surface area (Å²) >= 11 is 0. The Bertz CT molecular complexity index is 777. The predicted octanol–water partition coefficient (Wildman–Crippen LogP) is 3.40. The Hall–Kier alpha value is -3.04. The SMILES string of the molecule is N#CCOc1ccc(NC(=O)c2ccccc2OCC2CCCO2)cc1. The second-order valence-corrected chi connectivity index (χ2v) is 5.87. The van der Waals surface area contributed by atoms with Gasteiger partial charge < -0.3 is 19.5 Å². The lowest BCUT2D eigenvalue weighted by Crippen LogP contribution is -2.19. The highest BCUT2D eigenvalue weighted by molar-refractivity contribution is 6.06. The maximum atomic E-state index is 12.6. The summed E-state index contributed by atoms with van der Waals surface area (Å²) in [6.45, 7) is 1.20. The van der Waals surface area contributed by atoms with Crippen LogP contribution in [0.3, 0.4) is 0 Å². The molecule has 2 aromatic carbocycles. The minimum atomic E-state index is -0.251. The lowest BCUT2D eigenvalue weighted by atomic mass is 10.1. The van der Waals surface area contributed by atoms with Gasteiger partial charge in [0.25, 0.3) is 5.91 Å². The van der Waals surface area contributed by atoms with Crippen LogP contribution in [-0.4, -0.2) is 31.8 Å². The topological polar surface area (TPSA) is 80.6 Å². The molecule has 1 aliphatic heterocycles. The quantitative estimate of drug-likeness (QED) is 0.826. The van der Waals surface area contributed by atoms with Gasteiger partial charge >= 0.3 is 0 Å². The molecule has 0 saturated carbocycles. The van der Waals surface area contributed by atoms with Gasteiger partial charge in [-0.25, -0.2) is 0 Å². The maximum absolute atomic E-state index is 12.6. The Labute approximate surface area is 152 Å². The van der Waals surface area contributed by atoms with Gasteiger partial charge in [0.15, 0.2) is 6.61 Å². The first-order valence-corrected chi connectivity index (χ1v) is 8.51. The zero-order chi connectivity index (χ0) is 18.2.